The lowest BCUT2D eigenvalue weighted by Gasteiger charge is -2.34. The number of likely N-dealkylation sites (N-methyl/N-ethyl adjacent to an activating group) is 1. The fourth-order valence-electron chi connectivity index (χ4n) is 6.14. The highest BCUT2D eigenvalue weighted by atomic mass is 16.6. The standard InChI is InChI=1S/C46H81NO7/c1-6-8-10-12-14-16-18-20-21-22-23-24-25-27-28-30-32-34-36-44(48)53-41-42(40-52-39-38-43(46(50)51)47(3,4)5)54-45(49)37-35-33-31-29-26-19-17-15-13-11-9-7-2/h14,16,18,20-24,42-43H,6-13,15,17,19,25-41H2,1-5H3/b16-14+,20-18+,22-21+,24-23+. The van der Waals surface area contributed by atoms with Gasteiger partial charge < -0.3 is 28.6 Å². The normalized spacial score (nSPS) is 13.4. The number of nitrogens with zero attached hydrogens (tertiary/aromatic N) is 1. The Hall–Kier alpha value is -2.71. The van der Waals surface area contributed by atoms with E-state index in [0.717, 1.165) is 64.2 Å². The molecular weight excluding hydrogens is 679 g/mol. The van der Waals surface area contributed by atoms with Crippen molar-refractivity contribution in [3.05, 3.63) is 48.6 Å². The first-order chi connectivity index (χ1) is 26.1. The molecule has 0 aromatic carbocycles. The molecule has 0 heterocycles. The summed E-state index contributed by atoms with van der Waals surface area (Å²) >= 11 is 0. The highest BCUT2D eigenvalue weighted by Gasteiger charge is 2.25. The first-order valence-corrected chi connectivity index (χ1v) is 21.7. The number of hydrogen-bond acceptors (Lipinski definition) is 7. The molecule has 312 valence electrons. The predicted octanol–water partition coefficient (Wildman–Crippen LogP) is 10.3. The van der Waals surface area contributed by atoms with Crippen LogP contribution in [0.25, 0.3) is 0 Å². The lowest BCUT2D eigenvalue weighted by Crippen LogP contribution is -2.55. The Balaban J connectivity index is 4.39. The van der Waals surface area contributed by atoms with Crippen molar-refractivity contribution in [2.75, 3.05) is 41.0 Å². The van der Waals surface area contributed by atoms with Crippen molar-refractivity contribution in [3.8, 4) is 0 Å². The van der Waals surface area contributed by atoms with Crippen LogP contribution in [0.2, 0.25) is 0 Å². The van der Waals surface area contributed by atoms with E-state index < -0.39 is 18.1 Å². The molecule has 0 aliphatic rings. The van der Waals surface area contributed by atoms with Gasteiger partial charge in [-0.15, -0.1) is 0 Å². The molecule has 0 saturated carbocycles. The van der Waals surface area contributed by atoms with Gasteiger partial charge in [-0.25, -0.2) is 0 Å². The predicted molar refractivity (Wildman–Crippen MR) is 222 cm³/mol. The summed E-state index contributed by atoms with van der Waals surface area (Å²) in [4.78, 5) is 36.8. The molecule has 0 spiro atoms. The summed E-state index contributed by atoms with van der Waals surface area (Å²) in [7, 11) is 5.39. The van der Waals surface area contributed by atoms with E-state index >= 15 is 0 Å². The molecule has 0 N–H and O–H groups in total. The Morgan fingerprint density at radius 2 is 0.981 bits per heavy atom. The summed E-state index contributed by atoms with van der Waals surface area (Å²) < 4.78 is 17.1. The topological polar surface area (TPSA) is 102 Å². The molecule has 0 radical (unpaired) electrons. The average molecular weight is 760 g/mol. The van der Waals surface area contributed by atoms with Gasteiger partial charge in [0.15, 0.2) is 6.10 Å². The first kappa shape index (κ1) is 51.3. The average Bonchev–Trinajstić information content (AvgIpc) is 3.12. The van der Waals surface area contributed by atoms with E-state index in [1.165, 1.54) is 77.0 Å². The number of rotatable bonds is 38. The Labute approximate surface area is 331 Å². The summed E-state index contributed by atoms with van der Waals surface area (Å²) in [5.41, 5.74) is 0. The third-order valence-electron chi connectivity index (χ3n) is 9.56. The second-order valence-electron chi connectivity index (χ2n) is 15.7. The second-order valence-corrected chi connectivity index (χ2v) is 15.7. The highest BCUT2D eigenvalue weighted by molar-refractivity contribution is 5.70. The van der Waals surface area contributed by atoms with Gasteiger partial charge >= 0.3 is 11.9 Å². The molecule has 0 aromatic heterocycles. The summed E-state index contributed by atoms with van der Waals surface area (Å²) in [6, 6.07) is -0.728. The van der Waals surface area contributed by atoms with Crippen LogP contribution in [0.5, 0.6) is 0 Å². The number of esters is 2. The SMILES string of the molecule is CCCCC/C=C/C=C/C=C/C=C/CCCCCCCC(=O)OCC(COCCC(C(=O)[O-])[N+](C)(C)C)OC(=O)CCCCCCCCCCCCCC. The van der Waals surface area contributed by atoms with Gasteiger partial charge in [0.05, 0.1) is 40.3 Å². The maximum atomic E-state index is 12.7. The van der Waals surface area contributed by atoms with Crippen LogP contribution in [0, 0.1) is 0 Å². The molecule has 0 saturated heterocycles. The van der Waals surface area contributed by atoms with E-state index in [1.807, 2.05) is 6.08 Å². The van der Waals surface area contributed by atoms with Gasteiger partial charge in [-0.05, 0) is 38.5 Å². The van der Waals surface area contributed by atoms with Crippen molar-refractivity contribution in [1.82, 2.24) is 0 Å². The molecule has 0 fully saturated rings. The quantitative estimate of drug-likeness (QED) is 0.0267. The third kappa shape index (κ3) is 35.0. The largest absolute Gasteiger partial charge is 0.544 e. The van der Waals surface area contributed by atoms with Crippen molar-refractivity contribution in [1.29, 1.82) is 0 Å². The van der Waals surface area contributed by atoms with E-state index in [1.54, 1.807) is 21.1 Å². The van der Waals surface area contributed by atoms with E-state index in [2.05, 4.69) is 56.4 Å². The number of carbonyl (C=O) groups is 3. The number of carboxylic acids is 1. The minimum absolute atomic E-state index is 0.0336. The molecule has 0 aliphatic heterocycles. The lowest BCUT2D eigenvalue weighted by atomic mass is 10.0. The van der Waals surface area contributed by atoms with E-state index in [0.29, 0.717) is 12.8 Å². The van der Waals surface area contributed by atoms with Gasteiger partial charge in [-0.1, -0.05) is 165 Å². The number of quaternary nitrogens is 1. The van der Waals surface area contributed by atoms with E-state index in [-0.39, 0.29) is 42.7 Å². The molecule has 8 heteroatoms. The molecule has 0 rings (SSSR count). The summed E-state index contributed by atoms with van der Waals surface area (Å²) in [5.74, 6) is -1.76. The lowest BCUT2D eigenvalue weighted by molar-refractivity contribution is -0.889. The van der Waals surface area contributed by atoms with Crippen LogP contribution in [-0.4, -0.2) is 75.5 Å². The van der Waals surface area contributed by atoms with Crippen LogP contribution in [0.3, 0.4) is 0 Å². The van der Waals surface area contributed by atoms with Gasteiger partial charge in [0, 0.05) is 19.3 Å². The number of unbranched alkanes of at least 4 members (excludes halogenated alkanes) is 19. The maximum absolute atomic E-state index is 12.7. The summed E-state index contributed by atoms with van der Waals surface area (Å²) in [6.07, 6.45) is 42.7. The Bertz CT molecular complexity index is 1030. The Morgan fingerprint density at radius 1 is 0.556 bits per heavy atom. The molecule has 0 aromatic rings. The number of hydrogen-bond donors (Lipinski definition) is 0. The molecule has 0 bridgehead atoms. The number of allylic oxidation sites excluding steroid dienone is 8. The smallest absolute Gasteiger partial charge is 0.306 e. The second kappa shape index (κ2) is 37.2. The van der Waals surface area contributed by atoms with Gasteiger partial charge in [0.25, 0.3) is 0 Å². The van der Waals surface area contributed by atoms with Crippen molar-refractivity contribution < 1.29 is 38.2 Å². The highest BCUT2D eigenvalue weighted by Crippen LogP contribution is 2.14. The Kier molecular flexibility index (Phi) is 35.4. The zero-order valence-corrected chi connectivity index (χ0v) is 35.4. The van der Waals surface area contributed by atoms with Gasteiger partial charge in [0.2, 0.25) is 0 Å². The zero-order valence-electron chi connectivity index (χ0n) is 35.4. The minimum atomic E-state index is -1.13. The van der Waals surface area contributed by atoms with Crippen molar-refractivity contribution in [2.45, 2.75) is 187 Å². The number of aliphatic carboxylic acids is 1. The Morgan fingerprint density at radius 3 is 1.48 bits per heavy atom. The van der Waals surface area contributed by atoms with Crippen LogP contribution in [0.1, 0.15) is 174 Å². The molecule has 8 nitrogen and oxygen atoms in total. The molecule has 0 amide bonds. The molecule has 2 unspecified atom stereocenters. The monoisotopic (exact) mass is 760 g/mol. The molecular formula is C46H81NO7. The van der Waals surface area contributed by atoms with Crippen LogP contribution < -0.4 is 5.11 Å². The van der Waals surface area contributed by atoms with Crippen molar-refractivity contribution >= 4 is 17.9 Å². The molecule has 0 aliphatic carbocycles. The van der Waals surface area contributed by atoms with Gasteiger partial charge in [-0.3, -0.25) is 9.59 Å². The van der Waals surface area contributed by atoms with Crippen LogP contribution in [0.4, 0.5) is 0 Å². The van der Waals surface area contributed by atoms with E-state index in [4.69, 9.17) is 14.2 Å². The van der Waals surface area contributed by atoms with Crippen molar-refractivity contribution in [2.24, 2.45) is 0 Å². The minimum Gasteiger partial charge on any atom is -0.544 e. The molecule has 54 heavy (non-hydrogen) atoms. The van der Waals surface area contributed by atoms with Crippen LogP contribution in [0.15, 0.2) is 48.6 Å². The van der Waals surface area contributed by atoms with Gasteiger partial charge in [-0.2, -0.15) is 0 Å². The number of carboxylic acid groups (broad SMARTS) is 1. The zero-order chi connectivity index (χ0) is 40.0. The number of carbonyl (C=O) groups excluding carboxylic acids is 3. The maximum Gasteiger partial charge on any atom is 0.306 e. The van der Waals surface area contributed by atoms with Crippen LogP contribution in [-0.2, 0) is 28.6 Å². The van der Waals surface area contributed by atoms with Crippen LogP contribution >= 0.6 is 0 Å². The van der Waals surface area contributed by atoms with E-state index in [9.17, 15) is 19.5 Å². The van der Waals surface area contributed by atoms with Crippen molar-refractivity contribution in [3.63, 3.8) is 0 Å². The fourth-order valence-corrected chi connectivity index (χ4v) is 6.14. The first-order valence-electron chi connectivity index (χ1n) is 21.7. The molecule has 2 atom stereocenters. The third-order valence-corrected chi connectivity index (χ3v) is 9.56. The fraction of sp³-hybridized carbons (Fsp3) is 0.761. The summed E-state index contributed by atoms with van der Waals surface area (Å²) in [6.45, 7) is 4.59. The van der Waals surface area contributed by atoms with Gasteiger partial charge in [0.1, 0.15) is 12.6 Å². The number of ether oxygens (including phenoxy) is 3. The summed E-state index contributed by atoms with van der Waals surface area (Å²) in [5, 5.41) is 11.6.